The van der Waals surface area contributed by atoms with Crippen LogP contribution in [0.4, 0.5) is 0 Å². The number of hydrogen-bond donors (Lipinski definition) is 3. The number of carbonyl (C=O) groups is 1. The lowest BCUT2D eigenvalue weighted by molar-refractivity contribution is -0.139. The number of carboxylic acid groups (broad SMARTS) is 1. The molecule has 1 aromatic rings. The van der Waals surface area contributed by atoms with Crippen LogP contribution in [-0.4, -0.2) is 52.3 Å². The topological polar surface area (TPSA) is 105 Å². The molecule has 1 aromatic carbocycles. The zero-order valence-corrected chi connectivity index (χ0v) is 17.1. The molecule has 164 valence electrons. The van der Waals surface area contributed by atoms with Crippen LogP contribution in [0.2, 0.25) is 0 Å². The molecule has 1 saturated carbocycles. The Bertz CT molecular complexity index is 775. The van der Waals surface area contributed by atoms with E-state index in [2.05, 4.69) is 13.5 Å². The summed E-state index contributed by atoms with van der Waals surface area (Å²) in [6.07, 6.45) is 6.29. The van der Waals surface area contributed by atoms with Crippen molar-refractivity contribution >= 4 is 5.97 Å². The number of carboxylic acids is 1. The fraction of sp³-hybridized carbons (Fsp3) is 0.522. The first-order valence-electron chi connectivity index (χ1n) is 10.3. The lowest BCUT2D eigenvalue weighted by Crippen LogP contribution is -2.39. The van der Waals surface area contributed by atoms with Crippen LogP contribution in [0.25, 0.3) is 0 Å². The van der Waals surface area contributed by atoms with Crippen molar-refractivity contribution in [3.63, 3.8) is 0 Å². The number of fused-ring (bicyclic) bond motifs is 2. The maximum absolute atomic E-state index is 10.8. The standard InChI is InChI=1S/C23H30O7/c1-3-4-6-14(2)11-15(24)9-10-16-17(25)12-20-22(16)29-19-8-5-7-18(23(19)30-20)28-13-21(26)27/h3,5,7-10,14-17,20,22,24-25H,1,4,6,11-13H2,2H3,(H,26,27)/b10-9+. The van der Waals surface area contributed by atoms with E-state index in [1.807, 2.05) is 12.2 Å². The highest BCUT2D eigenvalue weighted by Gasteiger charge is 2.47. The number of para-hydroxylation sites is 1. The van der Waals surface area contributed by atoms with E-state index in [4.69, 9.17) is 19.3 Å². The molecule has 7 heteroatoms. The molecule has 0 spiro atoms. The molecule has 0 amide bonds. The van der Waals surface area contributed by atoms with E-state index in [0.717, 1.165) is 12.8 Å². The van der Waals surface area contributed by atoms with Crippen molar-refractivity contribution in [1.29, 1.82) is 0 Å². The third-order valence-corrected chi connectivity index (χ3v) is 5.55. The van der Waals surface area contributed by atoms with Crippen LogP contribution in [0.15, 0.2) is 43.0 Å². The molecule has 3 rings (SSSR count). The summed E-state index contributed by atoms with van der Waals surface area (Å²) in [6.45, 7) is 5.34. The van der Waals surface area contributed by atoms with Crippen LogP contribution < -0.4 is 14.2 Å². The van der Waals surface area contributed by atoms with E-state index in [9.17, 15) is 15.0 Å². The summed E-state index contributed by atoms with van der Waals surface area (Å²) in [7, 11) is 0. The molecule has 0 bridgehead atoms. The number of rotatable bonds is 10. The lowest BCUT2D eigenvalue weighted by atomic mass is 9.96. The van der Waals surface area contributed by atoms with Gasteiger partial charge in [-0.25, -0.2) is 4.79 Å². The summed E-state index contributed by atoms with van der Waals surface area (Å²) < 4.78 is 17.4. The average Bonchev–Trinajstić information content (AvgIpc) is 3.01. The SMILES string of the molecule is C=CCCC(C)CC(O)/C=C/C1C(O)CC2Oc3c(OCC(=O)O)cccc3OC21. The number of allylic oxidation sites excluding steroid dienone is 1. The van der Waals surface area contributed by atoms with E-state index in [1.165, 1.54) is 0 Å². The van der Waals surface area contributed by atoms with Crippen LogP contribution in [0.1, 0.15) is 32.6 Å². The third kappa shape index (κ3) is 5.34. The van der Waals surface area contributed by atoms with Gasteiger partial charge in [-0.1, -0.05) is 31.2 Å². The summed E-state index contributed by atoms with van der Waals surface area (Å²) >= 11 is 0. The Morgan fingerprint density at radius 2 is 2.20 bits per heavy atom. The predicted octanol–water partition coefficient (Wildman–Crippen LogP) is 2.95. The van der Waals surface area contributed by atoms with Gasteiger partial charge in [0.2, 0.25) is 5.75 Å². The van der Waals surface area contributed by atoms with Crippen LogP contribution in [-0.2, 0) is 4.79 Å². The number of aliphatic hydroxyl groups excluding tert-OH is 2. The summed E-state index contributed by atoms with van der Waals surface area (Å²) in [5, 5.41) is 29.7. The zero-order valence-electron chi connectivity index (χ0n) is 17.1. The van der Waals surface area contributed by atoms with Crippen LogP contribution in [0, 0.1) is 11.8 Å². The van der Waals surface area contributed by atoms with Gasteiger partial charge in [0, 0.05) is 12.3 Å². The van der Waals surface area contributed by atoms with Crippen molar-refractivity contribution in [3.05, 3.63) is 43.0 Å². The van der Waals surface area contributed by atoms with Crippen molar-refractivity contribution in [2.24, 2.45) is 11.8 Å². The number of aliphatic hydroxyl groups is 2. The average molecular weight is 418 g/mol. The summed E-state index contributed by atoms with van der Waals surface area (Å²) in [5.41, 5.74) is 0. The van der Waals surface area contributed by atoms with Gasteiger partial charge in [0.05, 0.1) is 12.2 Å². The van der Waals surface area contributed by atoms with E-state index < -0.39 is 30.9 Å². The normalized spacial score (nSPS) is 26.8. The second-order valence-electron chi connectivity index (χ2n) is 8.04. The van der Waals surface area contributed by atoms with Crippen molar-refractivity contribution in [2.45, 2.75) is 57.0 Å². The Labute approximate surface area is 176 Å². The Hall–Kier alpha value is -2.51. The molecule has 30 heavy (non-hydrogen) atoms. The number of ether oxygens (including phenoxy) is 3. The first kappa shape index (κ1) is 22.2. The van der Waals surface area contributed by atoms with Gasteiger partial charge in [-0.2, -0.15) is 0 Å². The van der Waals surface area contributed by atoms with Crippen molar-refractivity contribution in [1.82, 2.24) is 0 Å². The smallest absolute Gasteiger partial charge is 0.341 e. The molecule has 0 saturated heterocycles. The molecule has 7 nitrogen and oxygen atoms in total. The number of benzene rings is 1. The van der Waals surface area contributed by atoms with Gasteiger partial charge in [-0.15, -0.1) is 6.58 Å². The fourth-order valence-corrected chi connectivity index (χ4v) is 4.03. The monoisotopic (exact) mass is 418 g/mol. The van der Waals surface area contributed by atoms with Gasteiger partial charge in [0.1, 0.15) is 12.2 Å². The Kier molecular flexibility index (Phi) is 7.39. The van der Waals surface area contributed by atoms with Crippen LogP contribution >= 0.6 is 0 Å². The van der Waals surface area contributed by atoms with Gasteiger partial charge >= 0.3 is 5.97 Å². The Morgan fingerprint density at radius 3 is 2.93 bits per heavy atom. The van der Waals surface area contributed by atoms with E-state index in [0.29, 0.717) is 36.0 Å². The minimum Gasteiger partial charge on any atom is -0.482 e. The first-order valence-corrected chi connectivity index (χ1v) is 10.3. The van der Waals surface area contributed by atoms with Crippen LogP contribution in [0.5, 0.6) is 17.2 Å². The van der Waals surface area contributed by atoms with Crippen LogP contribution in [0.3, 0.4) is 0 Å². The molecule has 2 aliphatic rings. The molecule has 3 N–H and O–H groups in total. The van der Waals surface area contributed by atoms with Gasteiger partial charge in [0.15, 0.2) is 18.1 Å². The maximum Gasteiger partial charge on any atom is 0.341 e. The maximum atomic E-state index is 10.8. The predicted molar refractivity (Wildman–Crippen MR) is 111 cm³/mol. The first-order chi connectivity index (χ1) is 14.4. The van der Waals surface area contributed by atoms with Crippen molar-refractivity contribution in [3.8, 4) is 17.2 Å². The molecular weight excluding hydrogens is 388 g/mol. The van der Waals surface area contributed by atoms with Gasteiger partial charge in [-0.3, -0.25) is 0 Å². The second-order valence-corrected chi connectivity index (χ2v) is 8.04. The molecule has 1 aliphatic heterocycles. The summed E-state index contributed by atoms with van der Waals surface area (Å²) in [4.78, 5) is 10.8. The quantitative estimate of drug-likeness (QED) is 0.502. The molecule has 0 aromatic heterocycles. The molecule has 0 radical (unpaired) electrons. The Balaban J connectivity index is 1.66. The van der Waals surface area contributed by atoms with E-state index in [-0.39, 0.29) is 12.0 Å². The lowest BCUT2D eigenvalue weighted by Gasteiger charge is -2.32. The number of hydrogen-bond acceptors (Lipinski definition) is 6. The largest absolute Gasteiger partial charge is 0.482 e. The minimum atomic E-state index is -1.08. The highest BCUT2D eigenvalue weighted by molar-refractivity contribution is 5.68. The molecular formula is C23H30O7. The molecule has 6 unspecified atom stereocenters. The fourth-order valence-electron chi connectivity index (χ4n) is 4.03. The molecule has 1 fully saturated rings. The van der Waals surface area contributed by atoms with E-state index >= 15 is 0 Å². The second kappa shape index (κ2) is 10.00. The summed E-state index contributed by atoms with van der Waals surface area (Å²) in [5.74, 6) is 0.0733. The highest BCUT2D eigenvalue weighted by Crippen LogP contribution is 2.46. The van der Waals surface area contributed by atoms with Gasteiger partial charge < -0.3 is 29.5 Å². The van der Waals surface area contributed by atoms with Crippen molar-refractivity contribution < 1.29 is 34.3 Å². The van der Waals surface area contributed by atoms with Crippen molar-refractivity contribution in [2.75, 3.05) is 6.61 Å². The van der Waals surface area contributed by atoms with Gasteiger partial charge in [-0.05, 0) is 37.3 Å². The minimum absolute atomic E-state index is 0.297. The zero-order chi connectivity index (χ0) is 21.7. The number of aliphatic carboxylic acids is 1. The summed E-state index contributed by atoms with van der Waals surface area (Å²) in [6, 6.07) is 5.04. The highest BCUT2D eigenvalue weighted by atomic mass is 16.6. The molecule has 6 atom stereocenters. The Morgan fingerprint density at radius 1 is 1.40 bits per heavy atom. The molecule has 1 aliphatic carbocycles. The van der Waals surface area contributed by atoms with Gasteiger partial charge in [0.25, 0.3) is 0 Å². The van der Waals surface area contributed by atoms with E-state index in [1.54, 1.807) is 24.3 Å². The molecule has 1 heterocycles. The third-order valence-electron chi connectivity index (χ3n) is 5.55.